The van der Waals surface area contributed by atoms with Gasteiger partial charge in [-0.2, -0.15) is 0 Å². The van der Waals surface area contributed by atoms with Gasteiger partial charge in [-0.15, -0.1) is 0 Å². The standard InChI is InChI=1S/C13H18N2O/c1-10(16-2)8-14-9-12-5-3-4-11-6-7-15-13(11)12/h3-7,10,14-15H,8-9H2,1-2H3. The van der Waals surface area contributed by atoms with Crippen molar-refractivity contribution in [3.63, 3.8) is 0 Å². The Morgan fingerprint density at radius 3 is 3.06 bits per heavy atom. The van der Waals surface area contributed by atoms with Crippen LogP contribution in [-0.4, -0.2) is 24.7 Å². The molecule has 0 spiro atoms. The van der Waals surface area contributed by atoms with Crippen LogP contribution < -0.4 is 5.32 Å². The predicted molar refractivity (Wildman–Crippen MR) is 66.5 cm³/mol. The van der Waals surface area contributed by atoms with Gasteiger partial charge in [0.1, 0.15) is 0 Å². The van der Waals surface area contributed by atoms with Crippen molar-refractivity contribution in [2.45, 2.75) is 19.6 Å². The van der Waals surface area contributed by atoms with Crippen LogP contribution in [0.2, 0.25) is 0 Å². The number of H-pyrrole nitrogens is 1. The van der Waals surface area contributed by atoms with E-state index in [1.165, 1.54) is 16.5 Å². The summed E-state index contributed by atoms with van der Waals surface area (Å²) in [5.74, 6) is 0. The maximum atomic E-state index is 5.19. The van der Waals surface area contributed by atoms with E-state index in [-0.39, 0.29) is 6.10 Å². The van der Waals surface area contributed by atoms with Gasteiger partial charge in [-0.3, -0.25) is 0 Å². The zero-order valence-corrected chi connectivity index (χ0v) is 9.79. The van der Waals surface area contributed by atoms with Crippen LogP contribution in [0.15, 0.2) is 30.5 Å². The van der Waals surface area contributed by atoms with E-state index >= 15 is 0 Å². The van der Waals surface area contributed by atoms with Gasteiger partial charge in [0, 0.05) is 31.9 Å². The van der Waals surface area contributed by atoms with Crippen molar-refractivity contribution < 1.29 is 4.74 Å². The number of aromatic nitrogens is 1. The van der Waals surface area contributed by atoms with Crippen LogP contribution in [0, 0.1) is 0 Å². The first-order chi connectivity index (χ1) is 7.81. The highest BCUT2D eigenvalue weighted by atomic mass is 16.5. The first kappa shape index (κ1) is 11.2. The third-order valence-electron chi connectivity index (χ3n) is 2.82. The summed E-state index contributed by atoms with van der Waals surface area (Å²) in [7, 11) is 1.73. The number of fused-ring (bicyclic) bond motifs is 1. The van der Waals surface area contributed by atoms with Crippen molar-refractivity contribution >= 4 is 10.9 Å². The quantitative estimate of drug-likeness (QED) is 0.808. The molecule has 0 bridgehead atoms. The summed E-state index contributed by atoms with van der Waals surface area (Å²) in [6, 6.07) is 8.44. The SMILES string of the molecule is COC(C)CNCc1cccc2cc[nH]c12. The highest BCUT2D eigenvalue weighted by molar-refractivity contribution is 5.82. The molecule has 86 valence electrons. The van der Waals surface area contributed by atoms with E-state index in [0.29, 0.717) is 0 Å². The molecule has 0 saturated carbocycles. The average Bonchev–Trinajstić information content (AvgIpc) is 2.77. The number of hydrogen-bond donors (Lipinski definition) is 2. The Kier molecular flexibility index (Phi) is 3.59. The van der Waals surface area contributed by atoms with Crippen molar-refractivity contribution in [3.8, 4) is 0 Å². The zero-order chi connectivity index (χ0) is 11.4. The number of benzene rings is 1. The summed E-state index contributed by atoms with van der Waals surface area (Å²) in [5, 5.41) is 4.65. The van der Waals surface area contributed by atoms with E-state index in [2.05, 4.69) is 41.5 Å². The van der Waals surface area contributed by atoms with Gasteiger partial charge >= 0.3 is 0 Å². The molecule has 0 aliphatic rings. The Hall–Kier alpha value is -1.32. The molecule has 2 rings (SSSR count). The number of ether oxygens (including phenoxy) is 1. The number of para-hydroxylation sites is 1. The molecule has 0 aliphatic heterocycles. The van der Waals surface area contributed by atoms with E-state index in [1.54, 1.807) is 7.11 Å². The molecule has 16 heavy (non-hydrogen) atoms. The van der Waals surface area contributed by atoms with Gasteiger partial charge in [0.2, 0.25) is 0 Å². The van der Waals surface area contributed by atoms with Crippen LogP contribution in [0.4, 0.5) is 0 Å². The molecule has 2 aromatic rings. The molecule has 0 amide bonds. The van der Waals surface area contributed by atoms with E-state index in [1.807, 2.05) is 6.20 Å². The fourth-order valence-electron chi connectivity index (χ4n) is 1.79. The van der Waals surface area contributed by atoms with Crippen LogP contribution in [0.3, 0.4) is 0 Å². The number of nitrogens with one attached hydrogen (secondary N) is 2. The molecule has 0 fully saturated rings. The second-order valence-corrected chi connectivity index (χ2v) is 4.04. The van der Waals surface area contributed by atoms with Gasteiger partial charge in [0.15, 0.2) is 0 Å². The first-order valence-electron chi connectivity index (χ1n) is 5.59. The molecule has 2 N–H and O–H groups in total. The van der Waals surface area contributed by atoms with Gasteiger partial charge in [-0.05, 0) is 23.9 Å². The van der Waals surface area contributed by atoms with E-state index in [0.717, 1.165) is 13.1 Å². The number of aromatic amines is 1. The fourth-order valence-corrected chi connectivity index (χ4v) is 1.79. The summed E-state index contributed by atoms with van der Waals surface area (Å²) in [4.78, 5) is 3.27. The third-order valence-corrected chi connectivity index (χ3v) is 2.82. The summed E-state index contributed by atoms with van der Waals surface area (Å²) >= 11 is 0. The molecule has 3 heteroatoms. The molecule has 1 heterocycles. The third kappa shape index (κ3) is 2.43. The Bertz CT molecular complexity index is 450. The number of methoxy groups -OCH3 is 1. The maximum absolute atomic E-state index is 5.19. The lowest BCUT2D eigenvalue weighted by molar-refractivity contribution is 0.117. The smallest absolute Gasteiger partial charge is 0.0667 e. The van der Waals surface area contributed by atoms with Crippen molar-refractivity contribution in [1.82, 2.24) is 10.3 Å². The van der Waals surface area contributed by atoms with Gasteiger partial charge in [0.25, 0.3) is 0 Å². The summed E-state index contributed by atoms with van der Waals surface area (Å²) < 4.78 is 5.19. The molecule has 1 atom stereocenters. The molecule has 1 unspecified atom stereocenters. The lowest BCUT2D eigenvalue weighted by Crippen LogP contribution is -2.25. The minimum Gasteiger partial charge on any atom is -0.380 e. The van der Waals surface area contributed by atoms with Crippen molar-refractivity contribution in [2.24, 2.45) is 0 Å². The Balaban J connectivity index is 2.01. The molecule has 0 saturated heterocycles. The normalized spacial score (nSPS) is 13.1. The van der Waals surface area contributed by atoms with Gasteiger partial charge in [-0.1, -0.05) is 18.2 Å². The molecule has 1 aromatic heterocycles. The highest BCUT2D eigenvalue weighted by Gasteiger charge is 2.02. The van der Waals surface area contributed by atoms with Crippen molar-refractivity contribution in [2.75, 3.05) is 13.7 Å². The van der Waals surface area contributed by atoms with Crippen molar-refractivity contribution in [3.05, 3.63) is 36.0 Å². The summed E-state index contributed by atoms with van der Waals surface area (Å²) in [6.45, 7) is 3.79. The fraction of sp³-hybridized carbons (Fsp3) is 0.385. The Morgan fingerprint density at radius 2 is 2.25 bits per heavy atom. The number of hydrogen-bond acceptors (Lipinski definition) is 2. The molecule has 1 aromatic carbocycles. The highest BCUT2D eigenvalue weighted by Crippen LogP contribution is 2.16. The van der Waals surface area contributed by atoms with E-state index in [9.17, 15) is 0 Å². The first-order valence-corrected chi connectivity index (χ1v) is 5.59. The van der Waals surface area contributed by atoms with Crippen LogP contribution in [0.25, 0.3) is 10.9 Å². The molecule has 3 nitrogen and oxygen atoms in total. The predicted octanol–water partition coefficient (Wildman–Crippen LogP) is 2.29. The Morgan fingerprint density at radius 1 is 1.38 bits per heavy atom. The lowest BCUT2D eigenvalue weighted by atomic mass is 10.1. The summed E-state index contributed by atoms with van der Waals surface area (Å²) in [6.07, 6.45) is 2.23. The van der Waals surface area contributed by atoms with Crippen LogP contribution in [-0.2, 0) is 11.3 Å². The largest absolute Gasteiger partial charge is 0.380 e. The van der Waals surface area contributed by atoms with Crippen LogP contribution >= 0.6 is 0 Å². The molecule has 0 radical (unpaired) electrons. The van der Waals surface area contributed by atoms with Crippen LogP contribution in [0.5, 0.6) is 0 Å². The Labute approximate surface area is 95.8 Å². The van der Waals surface area contributed by atoms with Gasteiger partial charge < -0.3 is 15.0 Å². The molecular formula is C13H18N2O. The minimum atomic E-state index is 0.253. The van der Waals surface area contributed by atoms with Crippen molar-refractivity contribution in [1.29, 1.82) is 0 Å². The zero-order valence-electron chi connectivity index (χ0n) is 9.79. The second kappa shape index (κ2) is 5.14. The molecular weight excluding hydrogens is 200 g/mol. The average molecular weight is 218 g/mol. The van der Waals surface area contributed by atoms with E-state index in [4.69, 9.17) is 4.74 Å². The number of rotatable bonds is 5. The lowest BCUT2D eigenvalue weighted by Gasteiger charge is -2.11. The second-order valence-electron chi connectivity index (χ2n) is 4.04. The van der Waals surface area contributed by atoms with Crippen LogP contribution in [0.1, 0.15) is 12.5 Å². The minimum absolute atomic E-state index is 0.253. The molecule has 0 aliphatic carbocycles. The maximum Gasteiger partial charge on any atom is 0.0667 e. The van der Waals surface area contributed by atoms with Gasteiger partial charge in [0.05, 0.1) is 6.10 Å². The topological polar surface area (TPSA) is 37.0 Å². The van der Waals surface area contributed by atoms with Gasteiger partial charge in [-0.25, -0.2) is 0 Å². The summed E-state index contributed by atoms with van der Waals surface area (Å²) in [5.41, 5.74) is 2.52. The monoisotopic (exact) mass is 218 g/mol. The van der Waals surface area contributed by atoms with E-state index < -0.39 is 0 Å².